The molecular weight excluding hydrogens is 244 g/mol. The minimum atomic E-state index is -0.422. The van der Waals surface area contributed by atoms with E-state index >= 15 is 0 Å². The van der Waals surface area contributed by atoms with E-state index in [9.17, 15) is 14.7 Å². The maximum Gasteiger partial charge on any atom is 0.198 e. The van der Waals surface area contributed by atoms with Gasteiger partial charge in [-0.1, -0.05) is 0 Å². The van der Waals surface area contributed by atoms with Crippen molar-refractivity contribution in [1.82, 2.24) is 0 Å². The first-order valence-electron chi connectivity index (χ1n) is 5.61. The van der Waals surface area contributed by atoms with Gasteiger partial charge in [-0.05, 0) is 30.3 Å². The zero-order valence-corrected chi connectivity index (χ0v) is 9.81. The van der Waals surface area contributed by atoms with E-state index in [1.807, 2.05) is 0 Å². The van der Waals surface area contributed by atoms with Gasteiger partial charge in [0.2, 0.25) is 0 Å². The molecule has 0 fully saturated rings. The molecule has 0 bridgehead atoms. The number of benzene rings is 2. The van der Waals surface area contributed by atoms with Crippen molar-refractivity contribution in [2.75, 3.05) is 11.5 Å². The first kappa shape index (κ1) is 11.3. The van der Waals surface area contributed by atoms with Gasteiger partial charge in [0.25, 0.3) is 0 Å². The van der Waals surface area contributed by atoms with Gasteiger partial charge in [0.05, 0.1) is 11.1 Å². The van der Waals surface area contributed by atoms with E-state index in [1.54, 1.807) is 6.07 Å². The highest BCUT2D eigenvalue weighted by Crippen LogP contribution is 2.36. The summed E-state index contributed by atoms with van der Waals surface area (Å²) >= 11 is 0. The fourth-order valence-electron chi connectivity index (χ4n) is 2.30. The highest BCUT2D eigenvalue weighted by atomic mass is 16.3. The molecule has 19 heavy (non-hydrogen) atoms. The number of hydrogen-bond donors (Lipinski definition) is 3. The van der Waals surface area contributed by atoms with Crippen molar-refractivity contribution in [3.63, 3.8) is 0 Å². The van der Waals surface area contributed by atoms with E-state index in [1.165, 1.54) is 24.3 Å². The largest absolute Gasteiger partial charge is 0.507 e. The van der Waals surface area contributed by atoms with Crippen LogP contribution >= 0.6 is 0 Å². The Morgan fingerprint density at radius 1 is 0.842 bits per heavy atom. The Kier molecular flexibility index (Phi) is 2.13. The number of nitrogens with two attached hydrogens (primary N) is 2. The van der Waals surface area contributed by atoms with Gasteiger partial charge in [0.15, 0.2) is 11.6 Å². The van der Waals surface area contributed by atoms with Crippen LogP contribution in [0.4, 0.5) is 11.4 Å². The normalized spacial score (nSPS) is 13.1. The van der Waals surface area contributed by atoms with E-state index < -0.39 is 11.6 Å². The Morgan fingerprint density at radius 3 is 2.26 bits per heavy atom. The van der Waals surface area contributed by atoms with Crippen molar-refractivity contribution < 1.29 is 14.7 Å². The van der Waals surface area contributed by atoms with Crippen molar-refractivity contribution in [3.8, 4) is 5.75 Å². The van der Waals surface area contributed by atoms with E-state index in [0.717, 1.165) is 0 Å². The lowest BCUT2D eigenvalue weighted by molar-refractivity contribution is 0.0977. The summed E-state index contributed by atoms with van der Waals surface area (Å²) in [5, 5.41) is 9.80. The Balaban J connectivity index is 2.39. The molecule has 0 aromatic heterocycles. The maximum absolute atomic E-state index is 12.4. The Hall–Kier alpha value is -2.82. The molecule has 5 nitrogen and oxygen atoms in total. The van der Waals surface area contributed by atoms with Crippen LogP contribution in [-0.2, 0) is 0 Å². The van der Waals surface area contributed by atoms with Crippen LogP contribution in [0.1, 0.15) is 31.8 Å². The van der Waals surface area contributed by atoms with Gasteiger partial charge in [-0.25, -0.2) is 0 Å². The van der Waals surface area contributed by atoms with E-state index in [4.69, 9.17) is 11.5 Å². The van der Waals surface area contributed by atoms with Crippen LogP contribution in [-0.4, -0.2) is 16.7 Å². The number of rotatable bonds is 0. The molecule has 1 aliphatic carbocycles. The van der Waals surface area contributed by atoms with Crippen molar-refractivity contribution in [2.24, 2.45) is 0 Å². The molecule has 5 heteroatoms. The number of carbonyl (C=O) groups is 2. The van der Waals surface area contributed by atoms with Crippen LogP contribution < -0.4 is 11.5 Å². The predicted molar refractivity (Wildman–Crippen MR) is 70.2 cm³/mol. The van der Waals surface area contributed by atoms with Crippen LogP contribution in [0, 0.1) is 0 Å². The first-order chi connectivity index (χ1) is 9.00. The van der Waals surface area contributed by atoms with Crippen molar-refractivity contribution in [3.05, 3.63) is 52.6 Å². The van der Waals surface area contributed by atoms with Crippen LogP contribution in [0.25, 0.3) is 0 Å². The fourth-order valence-corrected chi connectivity index (χ4v) is 2.30. The number of aromatic hydroxyl groups is 1. The molecule has 0 radical (unpaired) electrons. The molecule has 0 spiro atoms. The summed E-state index contributed by atoms with van der Waals surface area (Å²) in [7, 11) is 0. The SMILES string of the molecule is Nc1ccc2c(c1)C(=O)c1c(N)ccc(O)c1C2=O. The van der Waals surface area contributed by atoms with Crippen LogP contribution in [0.5, 0.6) is 5.75 Å². The molecule has 0 saturated heterocycles. The lowest BCUT2D eigenvalue weighted by Crippen LogP contribution is -2.22. The summed E-state index contributed by atoms with van der Waals surface area (Å²) in [5.74, 6) is -1.07. The second-order valence-corrected chi connectivity index (χ2v) is 4.39. The highest BCUT2D eigenvalue weighted by Gasteiger charge is 2.33. The Labute approximate surface area is 108 Å². The molecule has 1 aliphatic rings. The molecule has 0 unspecified atom stereocenters. The summed E-state index contributed by atoms with van der Waals surface area (Å²) in [6, 6.07) is 7.18. The van der Waals surface area contributed by atoms with E-state index in [2.05, 4.69) is 0 Å². The molecule has 0 aliphatic heterocycles. The third-order valence-electron chi connectivity index (χ3n) is 3.20. The summed E-state index contributed by atoms with van der Waals surface area (Å²) in [6.45, 7) is 0. The number of phenols is 1. The Morgan fingerprint density at radius 2 is 1.53 bits per heavy atom. The highest BCUT2D eigenvalue weighted by molar-refractivity contribution is 6.31. The minimum Gasteiger partial charge on any atom is -0.507 e. The number of nitrogen functional groups attached to an aromatic ring is 2. The standard InChI is InChI=1S/C14H10N2O3/c15-6-1-2-7-8(5-6)14(19)11-9(16)3-4-10(17)12(11)13(7)18/h1-5,17H,15-16H2. The molecule has 0 atom stereocenters. The molecule has 0 heterocycles. The molecule has 94 valence electrons. The second-order valence-electron chi connectivity index (χ2n) is 4.39. The summed E-state index contributed by atoms with van der Waals surface area (Å²) < 4.78 is 0. The molecule has 3 rings (SSSR count). The number of phenolic OH excluding ortho intramolecular Hbond substituents is 1. The summed E-state index contributed by atoms with van der Waals surface area (Å²) in [5.41, 5.74) is 12.4. The monoisotopic (exact) mass is 254 g/mol. The summed E-state index contributed by atoms with van der Waals surface area (Å²) in [4.78, 5) is 24.7. The first-order valence-corrected chi connectivity index (χ1v) is 5.61. The minimum absolute atomic E-state index is 0.0396. The molecular formula is C14H10N2O3. The van der Waals surface area contributed by atoms with Gasteiger partial charge in [-0.3, -0.25) is 9.59 Å². The summed E-state index contributed by atoms with van der Waals surface area (Å²) in [6.07, 6.45) is 0. The Bertz CT molecular complexity index is 751. The topological polar surface area (TPSA) is 106 Å². The van der Waals surface area contributed by atoms with Crippen molar-refractivity contribution >= 4 is 22.9 Å². The molecule has 0 saturated carbocycles. The number of anilines is 2. The second kappa shape index (κ2) is 3.58. The number of hydrogen-bond acceptors (Lipinski definition) is 5. The van der Waals surface area contributed by atoms with Crippen LogP contribution in [0.2, 0.25) is 0 Å². The molecule has 2 aromatic carbocycles. The lowest BCUT2D eigenvalue weighted by Gasteiger charge is -2.19. The van der Waals surface area contributed by atoms with E-state index in [0.29, 0.717) is 5.69 Å². The molecule has 0 amide bonds. The van der Waals surface area contributed by atoms with Gasteiger partial charge >= 0.3 is 0 Å². The van der Waals surface area contributed by atoms with Gasteiger partial charge in [-0.15, -0.1) is 0 Å². The van der Waals surface area contributed by atoms with Crippen LogP contribution in [0.15, 0.2) is 30.3 Å². The zero-order valence-electron chi connectivity index (χ0n) is 9.81. The maximum atomic E-state index is 12.4. The third-order valence-corrected chi connectivity index (χ3v) is 3.20. The van der Waals surface area contributed by atoms with Crippen molar-refractivity contribution in [1.29, 1.82) is 0 Å². The zero-order chi connectivity index (χ0) is 13.7. The number of carbonyl (C=O) groups excluding carboxylic acids is 2. The third kappa shape index (κ3) is 1.41. The van der Waals surface area contributed by atoms with Gasteiger partial charge < -0.3 is 16.6 Å². The fraction of sp³-hybridized carbons (Fsp3) is 0. The average molecular weight is 254 g/mol. The van der Waals surface area contributed by atoms with E-state index in [-0.39, 0.29) is 33.7 Å². The number of fused-ring (bicyclic) bond motifs is 2. The quantitative estimate of drug-likeness (QED) is 0.414. The van der Waals surface area contributed by atoms with Gasteiger partial charge in [-0.2, -0.15) is 0 Å². The predicted octanol–water partition coefficient (Wildman–Crippen LogP) is 1.33. The molecule has 5 N–H and O–H groups in total. The average Bonchev–Trinajstić information content (AvgIpc) is 2.38. The van der Waals surface area contributed by atoms with Gasteiger partial charge in [0, 0.05) is 22.5 Å². The lowest BCUT2D eigenvalue weighted by atomic mass is 9.82. The van der Waals surface area contributed by atoms with Gasteiger partial charge in [0.1, 0.15) is 5.75 Å². The van der Waals surface area contributed by atoms with Crippen LogP contribution in [0.3, 0.4) is 0 Å². The molecule has 2 aromatic rings. The van der Waals surface area contributed by atoms with Crippen molar-refractivity contribution in [2.45, 2.75) is 0 Å². The smallest absolute Gasteiger partial charge is 0.198 e. The number of ketones is 2.